The summed E-state index contributed by atoms with van der Waals surface area (Å²) in [6.45, 7) is 4.02. The highest BCUT2D eigenvalue weighted by Gasteiger charge is 2.45. The van der Waals surface area contributed by atoms with Crippen LogP contribution in [0.4, 0.5) is 0 Å². The average molecular weight is 466 g/mol. The van der Waals surface area contributed by atoms with Gasteiger partial charge in [0.05, 0.1) is 6.61 Å². The summed E-state index contributed by atoms with van der Waals surface area (Å²) in [7, 11) is 0. The highest BCUT2D eigenvalue weighted by molar-refractivity contribution is 6.30. The number of rotatable bonds is 4. The number of ether oxygens (including phenoxy) is 3. The molecule has 7 heteroatoms. The Labute approximate surface area is 197 Å². The average Bonchev–Trinajstić information content (AvgIpc) is 3.26. The molecule has 2 aromatic carbocycles. The number of Topliss-reactive ketones (excluding diaryl/α,β-unsaturated/α-hetero) is 1. The van der Waals surface area contributed by atoms with E-state index in [4.69, 9.17) is 30.8 Å². The number of fused-ring (bicyclic) bond motifs is 1. The number of hydrogen-bond acceptors (Lipinski definition) is 6. The fourth-order valence-corrected chi connectivity index (χ4v) is 5.16. The van der Waals surface area contributed by atoms with Crippen LogP contribution in [0.2, 0.25) is 5.02 Å². The Morgan fingerprint density at radius 1 is 1.09 bits per heavy atom. The summed E-state index contributed by atoms with van der Waals surface area (Å²) >= 11 is 6.05. The van der Waals surface area contributed by atoms with Crippen molar-refractivity contribution in [3.8, 4) is 11.5 Å². The van der Waals surface area contributed by atoms with Crippen molar-refractivity contribution in [2.45, 2.75) is 38.5 Å². The van der Waals surface area contributed by atoms with E-state index in [0.29, 0.717) is 40.6 Å². The van der Waals surface area contributed by atoms with Gasteiger partial charge in [0.1, 0.15) is 5.92 Å². The molecule has 2 heterocycles. The predicted octanol–water partition coefficient (Wildman–Crippen LogP) is 5.21. The Balaban J connectivity index is 1.59. The summed E-state index contributed by atoms with van der Waals surface area (Å²) in [5.41, 5.74) is 3.87. The minimum Gasteiger partial charge on any atom is -0.465 e. The highest BCUT2D eigenvalue weighted by Crippen LogP contribution is 2.48. The number of carbonyl (C=O) groups excluding carboxylic acids is 2. The standard InChI is InChI=1S/C26H24ClNO5/c1-3-31-26(30)23-14(2)28-19-10-17(15-4-7-18(27)8-5-15)11-20(29)25(19)24(23)16-6-9-21-22(12-16)33-13-32-21/h4-9,12,17,23-24H,3,10-11,13H2,1-2H3/t17-,23?,24-/m1/s1. The van der Waals surface area contributed by atoms with Gasteiger partial charge in [-0.05, 0) is 61.6 Å². The van der Waals surface area contributed by atoms with Crippen LogP contribution in [0.5, 0.6) is 11.5 Å². The van der Waals surface area contributed by atoms with Gasteiger partial charge < -0.3 is 14.2 Å². The Kier molecular flexibility index (Phi) is 5.71. The lowest BCUT2D eigenvalue weighted by molar-refractivity contribution is -0.146. The number of esters is 1. The second kappa shape index (κ2) is 8.67. The maximum absolute atomic E-state index is 13.6. The first-order valence-corrected chi connectivity index (χ1v) is 11.5. The molecule has 2 aromatic rings. The Bertz CT molecular complexity index is 1180. The van der Waals surface area contributed by atoms with Crippen LogP contribution in [0.25, 0.3) is 0 Å². The third kappa shape index (κ3) is 3.93. The van der Waals surface area contributed by atoms with E-state index in [-0.39, 0.29) is 31.1 Å². The molecule has 5 rings (SSSR count). The first-order valence-electron chi connectivity index (χ1n) is 11.1. The van der Waals surface area contributed by atoms with E-state index < -0.39 is 11.8 Å². The number of aliphatic imine (C=N–C) groups is 1. The molecule has 1 aliphatic carbocycles. The van der Waals surface area contributed by atoms with Crippen LogP contribution < -0.4 is 9.47 Å². The molecule has 1 unspecified atom stereocenters. The molecule has 0 saturated heterocycles. The van der Waals surface area contributed by atoms with Crippen LogP contribution in [-0.2, 0) is 14.3 Å². The quantitative estimate of drug-likeness (QED) is 0.579. The molecular formula is C26H24ClNO5. The van der Waals surface area contributed by atoms with Gasteiger partial charge in [-0.15, -0.1) is 0 Å². The van der Waals surface area contributed by atoms with Gasteiger partial charge in [-0.2, -0.15) is 0 Å². The molecule has 33 heavy (non-hydrogen) atoms. The van der Waals surface area contributed by atoms with Crippen LogP contribution in [0.3, 0.4) is 0 Å². The number of carbonyl (C=O) groups is 2. The summed E-state index contributed by atoms with van der Waals surface area (Å²) in [6, 6.07) is 13.2. The third-order valence-corrected chi connectivity index (χ3v) is 6.78. The smallest absolute Gasteiger partial charge is 0.315 e. The van der Waals surface area contributed by atoms with E-state index >= 15 is 0 Å². The molecule has 0 spiro atoms. The maximum Gasteiger partial charge on any atom is 0.315 e. The van der Waals surface area contributed by atoms with Crippen LogP contribution in [0.1, 0.15) is 49.7 Å². The van der Waals surface area contributed by atoms with E-state index in [1.807, 2.05) is 49.4 Å². The van der Waals surface area contributed by atoms with Crippen LogP contribution in [-0.4, -0.2) is 30.9 Å². The summed E-state index contributed by atoms with van der Waals surface area (Å²) in [4.78, 5) is 31.4. The largest absolute Gasteiger partial charge is 0.465 e. The number of benzene rings is 2. The van der Waals surface area contributed by atoms with Gasteiger partial charge >= 0.3 is 5.97 Å². The first kappa shape index (κ1) is 21.7. The Morgan fingerprint density at radius 3 is 2.58 bits per heavy atom. The van der Waals surface area contributed by atoms with Crippen molar-refractivity contribution in [1.82, 2.24) is 0 Å². The number of nitrogens with zero attached hydrogens (tertiary/aromatic N) is 1. The molecular weight excluding hydrogens is 442 g/mol. The van der Waals surface area contributed by atoms with E-state index in [1.165, 1.54) is 0 Å². The number of halogens is 1. The van der Waals surface area contributed by atoms with Crippen molar-refractivity contribution in [3.63, 3.8) is 0 Å². The SMILES string of the molecule is CCOC(=O)C1C(C)=NC2=C(C(=O)C[C@H](c3ccc(Cl)cc3)C2)[C@@H]1c1ccc2c(c1)OCO2. The Hall–Kier alpha value is -3.12. The van der Waals surface area contributed by atoms with Gasteiger partial charge in [0.15, 0.2) is 17.3 Å². The predicted molar refractivity (Wildman–Crippen MR) is 124 cm³/mol. The molecule has 0 aromatic heterocycles. The van der Waals surface area contributed by atoms with Crippen molar-refractivity contribution >= 4 is 29.1 Å². The van der Waals surface area contributed by atoms with Gasteiger partial charge in [0.2, 0.25) is 6.79 Å². The van der Waals surface area contributed by atoms with Crippen LogP contribution in [0.15, 0.2) is 58.7 Å². The molecule has 0 fully saturated rings. The summed E-state index contributed by atoms with van der Waals surface area (Å²) in [5, 5.41) is 0.660. The molecule has 170 valence electrons. The lowest BCUT2D eigenvalue weighted by atomic mass is 9.69. The topological polar surface area (TPSA) is 74.2 Å². The van der Waals surface area contributed by atoms with Gasteiger partial charge in [0.25, 0.3) is 0 Å². The van der Waals surface area contributed by atoms with Crippen molar-refractivity contribution in [3.05, 3.63) is 69.9 Å². The second-order valence-corrected chi connectivity index (χ2v) is 8.95. The van der Waals surface area contributed by atoms with Gasteiger partial charge in [-0.25, -0.2) is 0 Å². The molecule has 0 radical (unpaired) electrons. The normalized spacial score (nSPS) is 23.8. The third-order valence-electron chi connectivity index (χ3n) is 6.53. The molecule has 3 atom stereocenters. The highest BCUT2D eigenvalue weighted by atomic mass is 35.5. The molecule has 0 saturated carbocycles. The number of hydrogen-bond donors (Lipinski definition) is 0. The first-order chi connectivity index (χ1) is 16.0. The zero-order valence-corrected chi connectivity index (χ0v) is 19.2. The van der Waals surface area contributed by atoms with Gasteiger partial charge in [0, 0.05) is 34.3 Å². The van der Waals surface area contributed by atoms with Gasteiger partial charge in [-0.1, -0.05) is 29.8 Å². The zero-order valence-electron chi connectivity index (χ0n) is 18.5. The van der Waals surface area contributed by atoms with Crippen molar-refractivity contribution in [1.29, 1.82) is 0 Å². The van der Waals surface area contributed by atoms with E-state index in [2.05, 4.69) is 0 Å². The monoisotopic (exact) mass is 465 g/mol. The maximum atomic E-state index is 13.6. The molecule has 0 bridgehead atoms. The molecule has 0 N–H and O–H groups in total. The molecule has 2 aliphatic heterocycles. The van der Waals surface area contributed by atoms with E-state index in [9.17, 15) is 9.59 Å². The van der Waals surface area contributed by atoms with E-state index in [0.717, 1.165) is 16.8 Å². The summed E-state index contributed by atoms with van der Waals surface area (Å²) < 4.78 is 16.4. The zero-order chi connectivity index (χ0) is 23.1. The summed E-state index contributed by atoms with van der Waals surface area (Å²) in [6.07, 6.45) is 0.974. The van der Waals surface area contributed by atoms with E-state index in [1.54, 1.807) is 6.92 Å². The van der Waals surface area contributed by atoms with Crippen LogP contribution in [0, 0.1) is 5.92 Å². The fraction of sp³-hybridized carbons (Fsp3) is 0.346. The lowest BCUT2D eigenvalue weighted by Crippen LogP contribution is -2.38. The molecule has 3 aliphatic rings. The molecule has 6 nitrogen and oxygen atoms in total. The van der Waals surface area contributed by atoms with Crippen molar-refractivity contribution < 1.29 is 23.8 Å². The van der Waals surface area contributed by atoms with Crippen molar-refractivity contribution in [2.24, 2.45) is 10.9 Å². The number of ketones is 1. The fourth-order valence-electron chi connectivity index (χ4n) is 5.03. The molecule has 0 amide bonds. The minimum absolute atomic E-state index is 0.00409. The van der Waals surface area contributed by atoms with Crippen molar-refractivity contribution in [2.75, 3.05) is 13.4 Å². The number of allylic oxidation sites excluding steroid dienone is 2. The van der Waals surface area contributed by atoms with Crippen LogP contribution >= 0.6 is 11.6 Å². The minimum atomic E-state index is -0.667. The Morgan fingerprint density at radius 2 is 1.82 bits per heavy atom. The second-order valence-electron chi connectivity index (χ2n) is 8.51. The lowest BCUT2D eigenvalue weighted by Gasteiger charge is -2.36. The summed E-state index contributed by atoms with van der Waals surface area (Å²) in [5.74, 6) is -0.240. The van der Waals surface area contributed by atoms with Gasteiger partial charge in [-0.3, -0.25) is 14.6 Å².